The Bertz CT molecular complexity index is 943. The van der Waals surface area contributed by atoms with E-state index >= 15 is 0 Å². The molecule has 0 radical (unpaired) electrons. The van der Waals surface area contributed by atoms with E-state index in [1.807, 2.05) is 6.20 Å². The molecule has 7 heteroatoms. The van der Waals surface area contributed by atoms with Crippen molar-refractivity contribution in [3.8, 4) is 11.4 Å². The van der Waals surface area contributed by atoms with Crippen LogP contribution in [0.4, 0.5) is 4.39 Å². The predicted octanol–water partition coefficient (Wildman–Crippen LogP) is 3.57. The molecule has 0 unspecified atom stereocenters. The molecule has 0 aliphatic heterocycles. The number of nitrogens with zero attached hydrogens (tertiary/aromatic N) is 3. The third-order valence-electron chi connectivity index (χ3n) is 4.08. The zero-order valence-corrected chi connectivity index (χ0v) is 14.4. The van der Waals surface area contributed by atoms with Crippen molar-refractivity contribution in [3.63, 3.8) is 0 Å². The molecule has 0 aliphatic carbocycles. The fourth-order valence-electron chi connectivity index (χ4n) is 3.04. The fourth-order valence-corrected chi connectivity index (χ4v) is 3.04. The largest absolute Gasteiger partial charge is 0.505 e. The molecule has 3 rings (SSSR count). The van der Waals surface area contributed by atoms with Gasteiger partial charge in [-0.1, -0.05) is 6.92 Å². The van der Waals surface area contributed by atoms with E-state index in [0.29, 0.717) is 22.2 Å². The predicted molar refractivity (Wildman–Crippen MR) is 91.7 cm³/mol. The van der Waals surface area contributed by atoms with E-state index in [0.717, 1.165) is 18.7 Å². The molecule has 0 atom stereocenters. The van der Waals surface area contributed by atoms with Gasteiger partial charge in [0.25, 0.3) is 0 Å². The number of carbonyl (C=O) groups is 1. The first-order valence-electron chi connectivity index (χ1n) is 8.21. The average Bonchev–Trinajstić information content (AvgIpc) is 3.11. The van der Waals surface area contributed by atoms with Crippen LogP contribution in [-0.2, 0) is 11.3 Å². The lowest BCUT2D eigenvalue weighted by Gasteiger charge is -2.06. The monoisotopic (exact) mass is 345 g/mol. The number of rotatable bonds is 5. The maximum Gasteiger partial charge on any atom is 0.340 e. The molecule has 1 N–H and O–H groups in total. The SMILES string of the molecule is CCCn1cc(-n2c(C)c(C(=O)OCC)c3cc(O)c(F)cc32)cn1. The molecular weight excluding hydrogens is 325 g/mol. The van der Waals surface area contributed by atoms with Crippen molar-refractivity contribution >= 4 is 16.9 Å². The summed E-state index contributed by atoms with van der Waals surface area (Å²) in [6.07, 6.45) is 4.44. The number of carbonyl (C=O) groups excluding carboxylic acids is 1. The summed E-state index contributed by atoms with van der Waals surface area (Å²) in [4.78, 5) is 12.4. The summed E-state index contributed by atoms with van der Waals surface area (Å²) in [6.45, 7) is 6.52. The van der Waals surface area contributed by atoms with Gasteiger partial charge in [0.2, 0.25) is 0 Å². The van der Waals surface area contributed by atoms with Gasteiger partial charge in [-0.25, -0.2) is 9.18 Å². The van der Waals surface area contributed by atoms with Crippen LogP contribution < -0.4 is 0 Å². The molecule has 0 spiro atoms. The summed E-state index contributed by atoms with van der Waals surface area (Å²) in [7, 11) is 0. The first kappa shape index (κ1) is 17.0. The Balaban J connectivity index is 2.28. The number of aromatic hydroxyl groups is 1. The summed E-state index contributed by atoms with van der Waals surface area (Å²) in [5.74, 6) is -1.75. The third kappa shape index (κ3) is 2.86. The number of hydrogen-bond donors (Lipinski definition) is 1. The molecule has 2 heterocycles. The summed E-state index contributed by atoms with van der Waals surface area (Å²) in [6, 6.07) is 2.48. The summed E-state index contributed by atoms with van der Waals surface area (Å²) in [5, 5.41) is 14.5. The van der Waals surface area contributed by atoms with Gasteiger partial charge in [-0.15, -0.1) is 0 Å². The standard InChI is InChI=1S/C18H20FN3O3/c1-4-6-21-10-12(9-20-21)22-11(3)17(18(24)25-5-2)13-7-16(23)14(19)8-15(13)22/h7-10,23H,4-6H2,1-3H3. The van der Waals surface area contributed by atoms with Gasteiger partial charge in [0.15, 0.2) is 11.6 Å². The summed E-state index contributed by atoms with van der Waals surface area (Å²) >= 11 is 0. The maximum atomic E-state index is 14.0. The van der Waals surface area contributed by atoms with Crippen molar-refractivity contribution in [2.24, 2.45) is 0 Å². The van der Waals surface area contributed by atoms with Crippen molar-refractivity contribution in [1.82, 2.24) is 14.3 Å². The highest BCUT2D eigenvalue weighted by atomic mass is 19.1. The molecule has 0 fully saturated rings. The lowest BCUT2D eigenvalue weighted by Crippen LogP contribution is -2.07. The summed E-state index contributed by atoms with van der Waals surface area (Å²) < 4.78 is 22.6. The average molecular weight is 345 g/mol. The third-order valence-corrected chi connectivity index (χ3v) is 4.08. The number of phenolic OH excluding ortho intramolecular Hbond substituents is 1. The highest BCUT2D eigenvalue weighted by Crippen LogP contribution is 2.33. The molecule has 132 valence electrons. The van der Waals surface area contributed by atoms with Gasteiger partial charge in [0.05, 0.1) is 29.6 Å². The van der Waals surface area contributed by atoms with Gasteiger partial charge in [-0.05, 0) is 26.3 Å². The Morgan fingerprint density at radius 2 is 2.12 bits per heavy atom. The van der Waals surface area contributed by atoms with E-state index < -0.39 is 17.5 Å². The second-order valence-corrected chi connectivity index (χ2v) is 5.80. The van der Waals surface area contributed by atoms with Gasteiger partial charge in [-0.2, -0.15) is 5.10 Å². The van der Waals surface area contributed by atoms with Crippen LogP contribution in [0.25, 0.3) is 16.6 Å². The van der Waals surface area contributed by atoms with E-state index in [2.05, 4.69) is 12.0 Å². The van der Waals surface area contributed by atoms with E-state index in [9.17, 15) is 14.3 Å². The van der Waals surface area contributed by atoms with E-state index in [1.165, 1.54) is 12.1 Å². The van der Waals surface area contributed by atoms with Crippen molar-refractivity contribution in [3.05, 3.63) is 41.6 Å². The van der Waals surface area contributed by atoms with Crippen LogP contribution in [0.15, 0.2) is 24.5 Å². The van der Waals surface area contributed by atoms with E-state index in [1.54, 1.807) is 29.3 Å². The molecule has 0 amide bonds. The molecular formula is C18H20FN3O3. The molecule has 3 aromatic rings. The first-order chi connectivity index (χ1) is 12.0. The number of benzene rings is 1. The van der Waals surface area contributed by atoms with Gasteiger partial charge in [0.1, 0.15) is 0 Å². The Kier molecular flexibility index (Phi) is 4.48. The van der Waals surface area contributed by atoms with Crippen molar-refractivity contribution in [2.45, 2.75) is 33.7 Å². The van der Waals surface area contributed by atoms with Crippen LogP contribution in [0.3, 0.4) is 0 Å². The molecule has 0 bridgehead atoms. The molecule has 25 heavy (non-hydrogen) atoms. The van der Waals surface area contributed by atoms with Crippen LogP contribution in [0.5, 0.6) is 5.75 Å². The number of ether oxygens (including phenoxy) is 1. The smallest absolute Gasteiger partial charge is 0.340 e. The van der Waals surface area contributed by atoms with Gasteiger partial charge in [-0.3, -0.25) is 4.68 Å². The van der Waals surface area contributed by atoms with E-state index in [4.69, 9.17) is 4.74 Å². The maximum absolute atomic E-state index is 14.0. The highest BCUT2D eigenvalue weighted by Gasteiger charge is 2.24. The van der Waals surface area contributed by atoms with E-state index in [-0.39, 0.29) is 6.61 Å². The van der Waals surface area contributed by atoms with Crippen molar-refractivity contribution in [1.29, 1.82) is 0 Å². The minimum Gasteiger partial charge on any atom is -0.505 e. The minimum absolute atomic E-state index is 0.229. The number of halogens is 1. The Morgan fingerprint density at radius 3 is 2.80 bits per heavy atom. The number of aromatic nitrogens is 3. The van der Waals surface area contributed by atoms with Crippen LogP contribution in [0.2, 0.25) is 0 Å². The molecule has 0 saturated heterocycles. The Morgan fingerprint density at radius 1 is 1.36 bits per heavy atom. The zero-order valence-electron chi connectivity index (χ0n) is 14.4. The second-order valence-electron chi connectivity index (χ2n) is 5.80. The van der Waals surface area contributed by atoms with Gasteiger partial charge >= 0.3 is 5.97 Å². The zero-order chi connectivity index (χ0) is 18.1. The Labute approximate surface area is 144 Å². The number of aryl methyl sites for hydroxylation is 1. The summed E-state index contributed by atoms with van der Waals surface area (Å²) in [5.41, 5.74) is 2.12. The highest BCUT2D eigenvalue weighted by molar-refractivity contribution is 6.07. The van der Waals surface area contributed by atoms with Crippen molar-refractivity contribution in [2.75, 3.05) is 6.61 Å². The number of hydrogen-bond acceptors (Lipinski definition) is 4. The van der Waals surface area contributed by atoms with Crippen LogP contribution in [0.1, 0.15) is 36.3 Å². The first-order valence-corrected chi connectivity index (χ1v) is 8.21. The molecule has 0 saturated carbocycles. The minimum atomic E-state index is -0.748. The number of phenols is 1. The normalized spacial score (nSPS) is 11.2. The topological polar surface area (TPSA) is 69.3 Å². The number of fused-ring (bicyclic) bond motifs is 1. The molecule has 1 aromatic carbocycles. The van der Waals surface area contributed by atoms with Crippen LogP contribution in [-0.4, -0.2) is 32.0 Å². The quantitative estimate of drug-likeness (QED) is 0.718. The van der Waals surface area contributed by atoms with Gasteiger partial charge in [0, 0.05) is 29.9 Å². The van der Waals surface area contributed by atoms with Crippen LogP contribution >= 0.6 is 0 Å². The Hall–Kier alpha value is -2.83. The fraction of sp³-hybridized carbons (Fsp3) is 0.333. The van der Waals surface area contributed by atoms with Gasteiger partial charge < -0.3 is 14.4 Å². The molecule has 6 nitrogen and oxygen atoms in total. The molecule has 2 aromatic heterocycles. The second kappa shape index (κ2) is 6.58. The molecule has 0 aliphatic rings. The van der Waals surface area contributed by atoms with Crippen molar-refractivity contribution < 1.29 is 19.0 Å². The lowest BCUT2D eigenvalue weighted by atomic mass is 10.1. The van der Waals surface area contributed by atoms with Crippen LogP contribution in [0, 0.1) is 12.7 Å². The number of esters is 1. The lowest BCUT2D eigenvalue weighted by molar-refractivity contribution is 0.0527.